The molecule has 0 saturated carbocycles. The van der Waals surface area contributed by atoms with Crippen LogP contribution in [0.15, 0.2) is 24.6 Å². The molecule has 1 aliphatic rings. The topological polar surface area (TPSA) is 32.3 Å². The van der Waals surface area contributed by atoms with Gasteiger partial charge in [-0.15, -0.1) is 0 Å². The van der Waals surface area contributed by atoms with Crippen molar-refractivity contribution in [2.75, 3.05) is 6.54 Å². The van der Waals surface area contributed by atoms with Gasteiger partial charge in [0.1, 0.15) is 6.20 Å². The lowest BCUT2D eigenvalue weighted by Gasteiger charge is -2.39. The number of aliphatic hydroxyl groups excluding tert-OH is 1. The van der Waals surface area contributed by atoms with Gasteiger partial charge in [-0.2, -0.15) is 0 Å². The van der Waals surface area contributed by atoms with Crippen molar-refractivity contribution in [3.05, 3.63) is 24.6 Å². The molecule has 2 N–H and O–H groups in total. The lowest BCUT2D eigenvalue weighted by Crippen LogP contribution is -2.57. The second-order valence-corrected chi connectivity index (χ2v) is 9.37. The number of allylic oxidation sites excluding steroid dienone is 2. The first-order valence-electron chi connectivity index (χ1n) is 13.3. The average molecular weight is 422 g/mol. The zero-order valence-corrected chi connectivity index (χ0v) is 20.6. The summed E-state index contributed by atoms with van der Waals surface area (Å²) in [7, 11) is 0. The second-order valence-electron chi connectivity index (χ2n) is 9.37. The number of rotatable bonds is 20. The molecule has 1 heterocycles. The van der Waals surface area contributed by atoms with Crippen molar-refractivity contribution in [3.8, 4) is 0 Å². The quantitative estimate of drug-likeness (QED) is 0.119. The van der Waals surface area contributed by atoms with Crippen molar-refractivity contribution < 1.29 is 9.59 Å². The molecule has 0 aromatic heterocycles. The van der Waals surface area contributed by atoms with Crippen LogP contribution in [-0.2, 0) is 0 Å². The second kappa shape index (κ2) is 17.8. The normalized spacial score (nSPS) is 22.1. The number of hydrogen-bond donors (Lipinski definition) is 2. The van der Waals surface area contributed by atoms with Gasteiger partial charge < -0.3 is 10.4 Å². The highest BCUT2D eigenvalue weighted by Gasteiger charge is 2.40. The standard InChI is InChI=1S/C27H53N2O/c1-4-6-7-8-9-10-11-12-13-14-15-16-17-18-19-20-21-22-23-27-28-24-25-29(27,5-2)26(3)30/h13-14,24-28,30H,4-12,15-23H2,1-3H3/q+1/b14-13+. The third-order valence-electron chi connectivity index (χ3n) is 6.95. The predicted molar refractivity (Wildman–Crippen MR) is 132 cm³/mol. The van der Waals surface area contributed by atoms with Crippen molar-refractivity contribution in [2.24, 2.45) is 0 Å². The van der Waals surface area contributed by atoms with Crippen molar-refractivity contribution in [2.45, 2.75) is 142 Å². The Balaban J connectivity index is 1.87. The highest BCUT2D eigenvalue weighted by molar-refractivity contribution is 4.84. The van der Waals surface area contributed by atoms with Crippen LogP contribution in [0, 0.1) is 0 Å². The van der Waals surface area contributed by atoms with Gasteiger partial charge in [-0.1, -0.05) is 89.7 Å². The van der Waals surface area contributed by atoms with Gasteiger partial charge >= 0.3 is 0 Å². The zero-order chi connectivity index (χ0) is 21.9. The molecule has 0 aromatic carbocycles. The molecule has 0 aliphatic carbocycles. The first-order valence-corrected chi connectivity index (χ1v) is 13.3. The van der Waals surface area contributed by atoms with E-state index in [9.17, 15) is 5.11 Å². The van der Waals surface area contributed by atoms with E-state index in [1.54, 1.807) is 0 Å². The van der Waals surface area contributed by atoms with Gasteiger partial charge in [0.25, 0.3) is 0 Å². The molecule has 0 radical (unpaired) electrons. The van der Waals surface area contributed by atoms with Gasteiger partial charge in [0.2, 0.25) is 0 Å². The lowest BCUT2D eigenvalue weighted by molar-refractivity contribution is -0.942. The average Bonchev–Trinajstić information content (AvgIpc) is 3.17. The Labute approximate surface area is 188 Å². The fourth-order valence-electron chi connectivity index (χ4n) is 4.77. The first kappa shape index (κ1) is 27.2. The van der Waals surface area contributed by atoms with E-state index in [0.29, 0.717) is 10.6 Å². The molecule has 0 fully saturated rings. The van der Waals surface area contributed by atoms with E-state index >= 15 is 0 Å². The Morgan fingerprint density at radius 2 is 1.30 bits per heavy atom. The van der Waals surface area contributed by atoms with Gasteiger partial charge in [-0.25, -0.2) is 0 Å². The molecule has 0 bridgehead atoms. The SMILES string of the molecule is CCCCCCCCC/C=C/CCCCCCCCCC1NC=C[N+]1(CC)C(C)O. The van der Waals surface area contributed by atoms with Gasteiger partial charge in [-0.05, 0) is 39.0 Å². The third kappa shape index (κ3) is 11.0. The fraction of sp³-hybridized carbons (Fsp3) is 0.852. The van der Waals surface area contributed by atoms with E-state index in [1.807, 2.05) is 13.1 Å². The van der Waals surface area contributed by atoms with Crippen LogP contribution in [0.1, 0.15) is 130 Å². The number of quaternary nitrogens is 1. The smallest absolute Gasteiger partial charge is 0.193 e. The molecule has 3 heteroatoms. The summed E-state index contributed by atoms with van der Waals surface area (Å²) in [5, 5.41) is 13.7. The van der Waals surface area contributed by atoms with E-state index in [2.05, 4.69) is 37.5 Å². The summed E-state index contributed by atoms with van der Waals surface area (Å²) < 4.78 is 0.673. The maximum absolute atomic E-state index is 10.2. The number of unbranched alkanes of at least 4 members (excludes halogenated alkanes) is 14. The van der Waals surface area contributed by atoms with Crippen LogP contribution in [0.3, 0.4) is 0 Å². The minimum Gasteiger partial charge on any atom is -0.345 e. The molecule has 0 aromatic rings. The molecule has 30 heavy (non-hydrogen) atoms. The molecule has 0 spiro atoms. The van der Waals surface area contributed by atoms with Crippen molar-refractivity contribution in [1.82, 2.24) is 5.32 Å². The van der Waals surface area contributed by atoms with Crippen LogP contribution in [0.2, 0.25) is 0 Å². The highest BCUT2D eigenvalue weighted by atomic mass is 16.3. The maximum atomic E-state index is 10.2. The molecule has 3 nitrogen and oxygen atoms in total. The maximum Gasteiger partial charge on any atom is 0.193 e. The molecule has 3 unspecified atom stereocenters. The number of nitrogens with one attached hydrogen (secondary N) is 1. The Morgan fingerprint density at radius 1 is 0.800 bits per heavy atom. The Morgan fingerprint density at radius 3 is 1.80 bits per heavy atom. The van der Waals surface area contributed by atoms with Crippen LogP contribution in [0.4, 0.5) is 0 Å². The highest BCUT2D eigenvalue weighted by Crippen LogP contribution is 2.25. The minimum absolute atomic E-state index is 0.337. The molecule has 0 saturated heterocycles. The molecule has 3 atom stereocenters. The van der Waals surface area contributed by atoms with Crippen LogP contribution in [-0.4, -0.2) is 28.5 Å². The summed E-state index contributed by atoms with van der Waals surface area (Å²) >= 11 is 0. The van der Waals surface area contributed by atoms with Crippen molar-refractivity contribution in [1.29, 1.82) is 0 Å². The van der Waals surface area contributed by atoms with E-state index in [4.69, 9.17) is 0 Å². The number of nitrogens with zero attached hydrogens (tertiary/aromatic N) is 1. The largest absolute Gasteiger partial charge is 0.345 e. The van der Waals surface area contributed by atoms with E-state index in [1.165, 1.54) is 103 Å². The number of hydrogen-bond acceptors (Lipinski definition) is 2. The van der Waals surface area contributed by atoms with Gasteiger partial charge in [0.05, 0.1) is 12.7 Å². The van der Waals surface area contributed by atoms with Crippen LogP contribution in [0.25, 0.3) is 0 Å². The Kier molecular flexibility index (Phi) is 16.2. The monoisotopic (exact) mass is 421 g/mol. The van der Waals surface area contributed by atoms with Crippen molar-refractivity contribution in [3.63, 3.8) is 0 Å². The summed E-state index contributed by atoms with van der Waals surface area (Å²) in [6, 6.07) is 0. The van der Waals surface area contributed by atoms with Gasteiger partial charge in [-0.3, -0.25) is 4.48 Å². The van der Waals surface area contributed by atoms with Gasteiger partial charge in [0, 0.05) is 13.3 Å². The zero-order valence-electron chi connectivity index (χ0n) is 20.6. The summed E-state index contributed by atoms with van der Waals surface area (Å²) in [4.78, 5) is 0. The molecule has 1 rings (SSSR count). The molecule has 176 valence electrons. The van der Waals surface area contributed by atoms with Gasteiger partial charge in [0.15, 0.2) is 12.4 Å². The van der Waals surface area contributed by atoms with E-state index in [-0.39, 0.29) is 6.23 Å². The number of aliphatic hydroxyl groups is 1. The Bertz CT molecular complexity index is 446. The molecular weight excluding hydrogens is 368 g/mol. The van der Waals surface area contributed by atoms with Crippen molar-refractivity contribution >= 4 is 0 Å². The first-order chi connectivity index (χ1) is 14.7. The van der Waals surface area contributed by atoms with E-state index < -0.39 is 0 Å². The molecular formula is C27H53N2O+. The summed E-state index contributed by atoms with van der Waals surface area (Å²) in [5.74, 6) is 0. The van der Waals surface area contributed by atoms with Crippen LogP contribution >= 0.6 is 0 Å². The minimum atomic E-state index is -0.337. The fourth-order valence-corrected chi connectivity index (χ4v) is 4.77. The third-order valence-corrected chi connectivity index (χ3v) is 6.95. The molecule has 0 amide bonds. The van der Waals surface area contributed by atoms with Crippen LogP contribution < -0.4 is 5.32 Å². The lowest BCUT2D eigenvalue weighted by atomic mass is 10.1. The summed E-state index contributed by atoms with van der Waals surface area (Å²) in [6.45, 7) is 7.31. The van der Waals surface area contributed by atoms with Crippen LogP contribution in [0.5, 0.6) is 0 Å². The van der Waals surface area contributed by atoms with E-state index in [0.717, 1.165) is 13.0 Å². The predicted octanol–water partition coefficient (Wildman–Crippen LogP) is 7.77. The summed E-state index contributed by atoms with van der Waals surface area (Å²) in [5.41, 5.74) is 0. The Hall–Kier alpha value is -0.800. The summed E-state index contributed by atoms with van der Waals surface area (Å²) in [6.07, 6.45) is 32.0. The molecule has 1 aliphatic heterocycles.